The van der Waals surface area contributed by atoms with Gasteiger partial charge in [0.15, 0.2) is 0 Å². The zero-order chi connectivity index (χ0) is 27.0. The maximum atomic E-state index is 15.3. The fraction of sp³-hybridized carbons (Fsp3) is 0.207. The molecule has 0 saturated heterocycles. The highest BCUT2D eigenvalue weighted by Gasteiger charge is 2.51. The van der Waals surface area contributed by atoms with Crippen molar-refractivity contribution in [1.29, 1.82) is 0 Å². The summed E-state index contributed by atoms with van der Waals surface area (Å²) < 4.78 is 37.3. The molecule has 0 spiro atoms. The van der Waals surface area contributed by atoms with Crippen molar-refractivity contribution in [2.24, 2.45) is 7.05 Å². The van der Waals surface area contributed by atoms with Gasteiger partial charge in [0.25, 0.3) is 0 Å². The van der Waals surface area contributed by atoms with E-state index in [1.165, 1.54) is 10.9 Å². The van der Waals surface area contributed by atoms with E-state index in [2.05, 4.69) is 10.4 Å². The normalized spacial score (nSPS) is 14.5. The number of anilines is 1. The number of carbonyl (C=O) groups excluding carboxylic acids is 1. The number of rotatable bonds is 7. The maximum Gasteiger partial charge on any atom is 0.413 e. The van der Waals surface area contributed by atoms with Gasteiger partial charge in [-0.25, -0.2) is 13.6 Å². The number of aryl methyl sites for hydroxylation is 1. The van der Waals surface area contributed by atoms with Crippen molar-refractivity contribution in [2.45, 2.75) is 31.3 Å². The van der Waals surface area contributed by atoms with Gasteiger partial charge in [0.2, 0.25) is 0 Å². The number of amides is 1. The lowest BCUT2D eigenvalue weighted by Gasteiger charge is -2.15. The Labute approximate surface area is 217 Å². The van der Waals surface area contributed by atoms with Crippen LogP contribution in [0.15, 0.2) is 72.9 Å². The number of carbonyl (C=O) groups is 2. The number of hydrogen-bond donors (Lipinski definition) is 2. The highest BCUT2D eigenvalue weighted by atomic mass is 19.1. The van der Waals surface area contributed by atoms with Crippen LogP contribution in [0.25, 0.3) is 22.3 Å². The van der Waals surface area contributed by atoms with Gasteiger partial charge in [0.1, 0.15) is 23.6 Å². The van der Waals surface area contributed by atoms with Gasteiger partial charge in [-0.1, -0.05) is 54.6 Å². The van der Waals surface area contributed by atoms with Gasteiger partial charge in [-0.3, -0.25) is 14.8 Å². The molecule has 9 heteroatoms. The summed E-state index contributed by atoms with van der Waals surface area (Å²) in [6.07, 6.45) is 1.15. The molecule has 1 fully saturated rings. The molecule has 0 bridgehead atoms. The van der Waals surface area contributed by atoms with E-state index in [9.17, 15) is 14.7 Å². The van der Waals surface area contributed by atoms with E-state index in [1.807, 2.05) is 30.3 Å². The molecule has 38 heavy (non-hydrogen) atoms. The van der Waals surface area contributed by atoms with Crippen LogP contribution >= 0.6 is 0 Å². The topological polar surface area (TPSA) is 93.4 Å². The summed E-state index contributed by atoms with van der Waals surface area (Å²) in [7, 11) is 1.56. The molecule has 1 amide bonds. The number of carboxylic acids is 1. The number of aromatic nitrogens is 2. The molecule has 2 N–H and O–H groups in total. The second-order valence-electron chi connectivity index (χ2n) is 9.39. The van der Waals surface area contributed by atoms with Gasteiger partial charge < -0.3 is 9.84 Å². The minimum absolute atomic E-state index is 0.0347. The molecule has 4 aromatic rings. The second-order valence-corrected chi connectivity index (χ2v) is 9.39. The van der Waals surface area contributed by atoms with Gasteiger partial charge in [-0.15, -0.1) is 0 Å². The number of halogens is 2. The highest BCUT2D eigenvalue weighted by Crippen LogP contribution is 2.48. The first kappa shape index (κ1) is 25.1. The van der Waals surface area contributed by atoms with Gasteiger partial charge in [0.05, 0.1) is 11.6 Å². The molecule has 1 atom stereocenters. The van der Waals surface area contributed by atoms with E-state index in [0.29, 0.717) is 24.0 Å². The SMILES string of the molecule is CC(OC(=O)Nc1c(-c2cc(F)c(-c3ccc(C4(C(=O)O)CC4)cc3)cc2F)cnn1C)c1ccccc1. The third kappa shape index (κ3) is 4.63. The molecule has 1 aliphatic rings. The number of nitrogens with zero attached hydrogens (tertiary/aromatic N) is 2. The molecule has 0 aliphatic heterocycles. The van der Waals surface area contributed by atoms with E-state index in [-0.39, 0.29) is 22.5 Å². The first-order valence-corrected chi connectivity index (χ1v) is 12.1. The van der Waals surface area contributed by atoms with Crippen molar-refractivity contribution >= 4 is 17.9 Å². The zero-order valence-electron chi connectivity index (χ0n) is 20.7. The first-order chi connectivity index (χ1) is 18.2. The summed E-state index contributed by atoms with van der Waals surface area (Å²) >= 11 is 0. The average Bonchev–Trinajstić information content (AvgIpc) is 3.65. The number of ether oxygens (including phenoxy) is 1. The van der Waals surface area contributed by atoms with Gasteiger partial charge >= 0.3 is 12.1 Å². The summed E-state index contributed by atoms with van der Waals surface area (Å²) in [6.45, 7) is 1.73. The van der Waals surface area contributed by atoms with Crippen LogP contribution in [0, 0.1) is 11.6 Å². The number of nitrogens with one attached hydrogen (secondary N) is 1. The Balaban J connectivity index is 1.38. The van der Waals surface area contributed by atoms with Crippen LogP contribution in [0.5, 0.6) is 0 Å². The van der Waals surface area contributed by atoms with Crippen LogP contribution in [0.3, 0.4) is 0 Å². The molecule has 7 nitrogen and oxygen atoms in total. The Morgan fingerprint density at radius 3 is 2.26 bits per heavy atom. The summed E-state index contributed by atoms with van der Waals surface area (Å²) in [4.78, 5) is 24.2. The third-order valence-corrected chi connectivity index (χ3v) is 6.97. The Morgan fingerprint density at radius 2 is 1.63 bits per heavy atom. The Kier molecular flexibility index (Phi) is 6.44. The number of benzene rings is 3. The molecule has 5 rings (SSSR count). The van der Waals surface area contributed by atoms with Crippen LogP contribution in [-0.2, 0) is 22.0 Å². The van der Waals surface area contributed by atoms with Crippen molar-refractivity contribution in [3.63, 3.8) is 0 Å². The molecular formula is C29H25F2N3O4. The van der Waals surface area contributed by atoms with Gasteiger partial charge in [-0.05, 0) is 48.6 Å². The van der Waals surface area contributed by atoms with Gasteiger partial charge in [-0.2, -0.15) is 5.10 Å². The van der Waals surface area contributed by atoms with Crippen LogP contribution in [-0.4, -0.2) is 26.9 Å². The maximum absolute atomic E-state index is 15.3. The first-order valence-electron chi connectivity index (χ1n) is 12.1. The molecule has 1 saturated carbocycles. The van der Waals surface area contributed by atoms with E-state index in [4.69, 9.17) is 4.74 Å². The van der Waals surface area contributed by atoms with Crippen LogP contribution in [0.2, 0.25) is 0 Å². The molecular weight excluding hydrogens is 492 g/mol. The van der Waals surface area contributed by atoms with E-state index in [0.717, 1.165) is 17.7 Å². The Hall–Kier alpha value is -4.53. The van der Waals surface area contributed by atoms with Gasteiger partial charge in [0, 0.05) is 23.7 Å². The quantitative estimate of drug-likeness (QED) is 0.294. The highest BCUT2D eigenvalue weighted by molar-refractivity contribution is 5.90. The van der Waals surface area contributed by atoms with Crippen LogP contribution in [0.1, 0.15) is 37.0 Å². The smallest absolute Gasteiger partial charge is 0.413 e. The molecule has 1 heterocycles. The molecule has 194 valence electrons. The third-order valence-electron chi connectivity index (χ3n) is 6.97. The standard InChI is InChI=1S/C29H25F2N3O4/c1-17(18-6-4-3-5-7-18)38-28(37)33-26-23(16-32-34(26)2)22-15-24(30)21(14-25(22)31)19-8-10-20(11-9-19)29(12-13-29)27(35)36/h3-11,14-17H,12-13H2,1-2H3,(H,33,37)(H,35,36). The minimum atomic E-state index is -0.883. The molecule has 3 aromatic carbocycles. The largest absolute Gasteiger partial charge is 0.481 e. The summed E-state index contributed by atoms with van der Waals surface area (Å²) in [6, 6.07) is 17.8. The summed E-state index contributed by atoms with van der Waals surface area (Å²) in [5.74, 6) is -2.12. The predicted octanol–water partition coefficient (Wildman–Crippen LogP) is 6.46. The van der Waals surface area contributed by atoms with E-state index in [1.54, 1.807) is 38.2 Å². The van der Waals surface area contributed by atoms with Crippen molar-refractivity contribution in [2.75, 3.05) is 5.32 Å². The molecule has 0 radical (unpaired) electrons. The van der Waals surface area contributed by atoms with Crippen molar-refractivity contribution in [3.05, 3.63) is 95.7 Å². The Morgan fingerprint density at radius 1 is 1.00 bits per heavy atom. The second kappa shape index (κ2) is 9.74. The number of carboxylic acid groups (broad SMARTS) is 1. The predicted molar refractivity (Wildman–Crippen MR) is 138 cm³/mol. The molecule has 1 aromatic heterocycles. The van der Waals surface area contributed by atoms with E-state index >= 15 is 8.78 Å². The molecule has 1 aliphatic carbocycles. The summed E-state index contributed by atoms with van der Waals surface area (Å²) in [5.41, 5.74) is 1.13. The van der Waals surface area contributed by atoms with Crippen molar-refractivity contribution in [1.82, 2.24) is 9.78 Å². The van der Waals surface area contributed by atoms with Crippen molar-refractivity contribution in [3.8, 4) is 22.3 Å². The van der Waals surface area contributed by atoms with E-state index < -0.39 is 35.2 Å². The lowest BCUT2D eigenvalue weighted by Crippen LogP contribution is -2.19. The fourth-order valence-corrected chi connectivity index (χ4v) is 4.56. The summed E-state index contributed by atoms with van der Waals surface area (Å²) in [5, 5.41) is 16.2. The zero-order valence-corrected chi connectivity index (χ0v) is 20.7. The average molecular weight is 518 g/mol. The fourth-order valence-electron chi connectivity index (χ4n) is 4.56. The van der Waals surface area contributed by atoms with Crippen molar-refractivity contribution < 1.29 is 28.2 Å². The van der Waals surface area contributed by atoms with Crippen LogP contribution < -0.4 is 5.32 Å². The molecule has 1 unspecified atom stereocenters. The number of aliphatic carboxylic acids is 1. The monoisotopic (exact) mass is 517 g/mol. The van der Waals surface area contributed by atoms with Crippen LogP contribution in [0.4, 0.5) is 19.4 Å². The lowest BCUT2D eigenvalue weighted by atomic mass is 9.93. The number of hydrogen-bond acceptors (Lipinski definition) is 4. The Bertz CT molecular complexity index is 1510. The lowest BCUT2D eigenvalue weighted by molar-refractivity contribution is -0.140. The minimum Gasteiger partial charge on any atom is -0.481 e.